The summed E-state index contributed by atoms with van der Waals surface area (Å²) in [4.78, 5) is 23.3. The molecule has 0 spiro atoms. The van der Waals surface area contributed by atoms with Gasteiger partial charge in [0.25, 0.3) is 6.17 Å². The largest absolute Gasteiger partial charge is 0.463 e. The molecule has 0 aliphatic carbocycles. The lowest BCUT2D eigenvalue weighted by Gasteiger charge is -2.13. The van der Waals surface area contributed by atoms with Gasteiger partial charge in [0.2, 0.25) is 5.78 Å². The minimum absolute atomic E-state index is 0.0577. The SMILES string of the molecule is CCOC(=O)C(F)C(=O)c1cccc(CC)c1CC. The van der Waals surface area contributed by atoms with Gasteiger partial charge in [-0.1, -0.05) is 32.0 Å². The fraction of sp³-hybridized carbons (Fsp3) is 0.467. The Balaban J connectivity index is 3.09. The predicted octanol–water partition coefficient (Wildman–Crippen LogP) is 2.90. The van der Waals surface area contributed by atoms with Crippen molar-refractivity contribution in [1.82, 2.24) is 0 Å². The fourth-order valence-corrected chi connectivity index (χ4v) is 2.07. The number of ketones is 1. The predicted molar refractivity (Wildman–Crippen MR) is 71.1 cm³/mol. The number of aryl methyl sites for hydroxylation is 1. The first-order valence-electron chi connectivity index (χ1n) is 6.52. The second kappa shape index (κ2) is 7.02. The maximum atomic E-state index is 13.8. The van der Waals surface area contributed by atoms with Crippen LogP contribution >= 0.6 is 0 Å². The molecule has 1 atom stereocenters. The molecule has 104 valence electrons. The first-order chi connectivity index (χ1) is 9.06. The number of Topliss-reactive ketones (excluding diaryl/α,β-unsaturated/α-hetero) is 1. The first-order valence-corrected chi connectivity index (χ1v) is 6.52. The zero-order valence-electron chi connectivity index (χ0n) is 11.5. The Labute approximate surface area is 112 Å². The number of alkyl halides is 1. The van der Waals surface area contributed by atoms with Crippen LogP contribution in [0, 0.1) is 0 Å². The zero-order valence-corrected chi connectivity index (χ0v) is 11.5. The van der Waals surface area contributed by atoms with Gasteiger partial charge < -0.3 is 4.74 Å². The van der Waals surface area contributed by atoms with Crippen LogP contribution in [-0.4, -0.2) is 24.5 Å². The third kappa shape index (κ3) is 3.40. The van der Waals surface area contributed by atoms with Crippen molar-refractivity contribution in [2.75, 3.05) is 6.61 Å². The van der Waals surface area contributed by atoms with Crippen LogP contribution in [0.3, 0.4) is 0 Å². The molecule has 0 bridgehead atoms. The maximum absolute atomic E-state index is 13.8. The Kier molecular flexibility index (Phi) is 5.67. The Bertz CT molecular complexity index is 468. The van der Waals surface area contributed by atoms with E-state index in [1.807, 2.05) is 19.9 Å². The highest BCUT2D eigenvalue weighted by Gasteiger charge is 2.30. The van der Waals surface area contributed by atoms with Crippen LogP contribution in [0.2, 0.25) is 0 Å². The molecular weight excluding hydrogens is 247 g/mol. The van der Waals surface area contributed by atoms with Crippen molar-refractivity contribution in [1.29, 1.82) is 0 Å². The summed E-state index contributed by atoms with van der Waals surface area (Å²) in [6, 6.07) is 5.18. The molecule has 1 rings (SSSR count). The fourth-order valence-electron chi connectivity index (χ4n) is 2.07. The Hall–Kier alpha value is -1.71. The average molecular weight is 266 g/mol. The van der Waals surface area contributed by atoms with E-state index in [2.05, 4.69) is 4.74 Å². The molecule has 0 fully saturated rings. The molecule has 19 heavy (non-hydrogen) atoms. The van der Waals surface area contributed by atoms with E-state index in [0.29, 0.717) is 6.42 Å². The lowest BCUT2D eigenvalue weighted by atomic mass is 9.93. The first kappa shape index (κ1) is 15.3. The number of hydrogen-bond acceptors (Lipinski definition) is 3. The van der Waals surface area contributed by atoms with Crippen molar-refractivity contribution in [3.8, 4) is 0 Å². The van der Waals surface area contributed by atoms with Gasteiger partial charge in [-0.25, -0.2) is 9.18 Å². The van der Waals surface area contributed by atoms with Crippen LogP contribution < -0.4 is 0 Å². The van der Waals surface area contributed by atoms with Crippen molar-refractivity contribution in [3.05, 3.63) is 34.9 Å². The van der Waals surface area contributed by atoms with Crippen molar-refractivity contribution < 1.29 is 18.7 Å². The highest BCUT2D eigenvalue weighted by Crippen LogP contribution is 2.19. The Morgan fingerprint density at radius 2 is 1.89 bits per heavy atom. The van der Waals surface area contributed by atoms with Gasteiger partial charge in [-0.2, -0.15) is 0 Å². The van der Waals surface area contributed by atoms with Crippen molar-refractivity contribution in [2.45, 2.75) is 39.8 Å². The van der Waals surface area contributed by atoms with Crippen molar-refractivity contribution >= 4 is 11.8 Å². The van der Waals surface area contributed by atoms with Gasteiger partial charge in [-0.05, 0) is 30.9 Å². The van der Waals surface area contributed by atoms with Gasteiger partial charge >= 0.3 is 5.97 Å². The molecular formula is C15H19FO3. The molecule has 0 aromatic heterocycles. The molecule has 0 N–H and O–H groups in total. The smallest absolute Gasteiger partial charge is 0.348 e. The quantitative estimate of drug-likeness (QED) is 0.452. The number of carbonyl (C=O) groups is 2. The zero-order chi connectivity index (χ0) is 14.4. The van der Waals surface area contributed by atoms with E-state index in [4.69, 9.17) is 0 Å². The van der Waals surface area contributed by atoms with E-state index in [1.165, 1.54) is 0 Å². The van der Waals surface area contributed by atoms with Crippen LogP contribution in [0.4, 0.5) is 4.39 Å². The third-order valence-electron chi connectivity index (χ3n) is 3.00. The number of benzene rings is 1. The third-order valence-corrected chi connectivity index (χ3v) is 3.00. The molecule has 0 amide bonds. The monoisotopic (exact) mass is 266 g/mol. The van der Waals surface area contributed by atoms with E-state index < -0.39 is 17.9 Å². The molecule has 1 aromatic rings. The molecule has 3 nitrogen and oxygen atoms in total. The Morgan fingerprint density at radius 1 is 1.21 bits per heavy atom. The highest BCUT2D eigenvalue weighted by molar-refractivity contribution is 6.11. The summed E-state index contributed by atoms with van der Waals surface area (Å²) in [5.41, 5.74) is 2.09. The minimum atomic E-state index is -2.24. The average Bonchev–Trinajstić information content (AvgIpc) is 2.44. The number of carbonyl (C=O) groups excluding carboxylic acids is 2. The molecule has 0 saturated carbocycles. The van der Waals surface area contributed by atoms with Crippen molar-refractivity contribution in [2.24, 2.45) is 0 Å². The van der Waals surface area contributed by atoms with Gasteiger partial charge in [0.15, 0.2) is 0 Å². The van der Waals surface area contributed by atoms with E-state index in [0.717, 1.165) is 17.5 Å². The number of rotatable bonds is 6. The second-order valence-electron chi connectivity index (χ2n) is 4.13. The van der Waals surface area contributed by atoms with Gasteiger partial charge in [-0.3, -0.25) is 4.79 Å². The van der Waals surface area contributed by atoms with E-state index in [9.17, 15) is 14.0 Å². The van der Waals surface area contributed by atoms with Crippen LogP contribution in [0.25, 0.3) is 0 Å². The Morgan fingerprint density at radius 3 is 2.42 bits per heavy atom. The molecule has 0 radical (unpaired) electrons. The number of halogens is 1. The molecule has 1 aromatic carbocycles. The normalized spacial score (nSPS) is 12.0. The van der Waals surface area contributed by atoms with Gasteiger partial charge in [0.05, 0.1) is 6.61 Å². The number of ether oxygens (including phenoxy) is 1. The van der Waals surface area contributed by atoms with Crippen LogP contribution in [0.5, 0.6) is 0 Å². The van der Waals surface area contributed by atoms with Gasteiger partial charge in [-0.15, -0.1) is 0 Å². The van der Waals surface area contributed by atoms with E-state index in [1.54, 1.807) is 19.1 Å². The maximum Gasteiger partial charge on any atom is 0.348 e. The summed E-state index contributed by atoms with van der Waals surface area (Å²) in [6.07, 6.45) is -0.848. The number of hydrogen-bond donors (Lipinski definition) is 0. The summed E-state index contributed by atoms with van der Waals surface area (Å²) >= 11 is 0. The van der Waals surface area contributed by atoms with Crippen LogP contribution in [0.1, 0.15) is 42.3 Å². The molecule has 1 unspecified atom stereocenters. The summed E-state index contributed by atoms with van der Waals surface area (Å²) in [5, 5.41) is 0. The van der Waals surface area contributed by atoms with E-state index >= 15 is 0 Å². The topological polar surface area (TPSA) is 43.4 Å². The lowest BCUT2D eigenvalue weighted by molar-refractivity contribution is -0.147. The molecule has 4 heteroatoms. The lowest BCUT2D eigenvalue weighted by Crippen LogP contribution is -2.28. The van der Waals surface area contributed by atoms with Gasteiger partial charge in [0, 0.05) is 5.56 Å². The summed E-state index contributed by atoms with van der Waals surface area (Å²) in [6.45, 7) is 5.51. The minimum Gasteiger partial charge on any atom is -0.463 e. The molecule has 0 aliphatic rings. The molecule has 0 saturated heterocycles. The summed E-state index contributed by atoms with van der Waals surface area (Å²) in [7, 11) is 0. The highest BCUT2D eigenvalue weighted by atomic mass is 19.1. The molecule has 0 heterocycles. The van der Waals surface area contributed by atoms with Crippen molar-refractivity contribution in [3.63, 3.8) is 0 Å². The van der Waals surface area contributed by atoms with Gasteiger partial charge in [0.1, 0.15) is 0 Å². The molecule has 0 aliphatic heterocycles. The second-order valence-corrected chi connectivity index (χ2v) is 4.13. The standard InChI is InChI=1S/C15H19FO3/c1-4-10-8-7-9-12(11(10)5-2)14(17)13(16)15(18)19-6-3/h7-9,13H,4-6H2,1-3H3. The summed E-state index contributed by atoms with van der Waals surface area (Å²) < 4.78 is 18.3. The van der Waals surface area contributed by atoms with E-state index in [-0.39, 0.29) is 12.2 Å². The number of esters is 1. The van der Waals surface area contributed by atoms with Crippen LogP contribution in [0.15, 0.2) is 18.2 Å². The van der Waals surface area contributed by atoms with Crippen LogP contribution in [-0.2, 0) is 22.4 Å². The summed E-state index contributed by atoms with van der Waals surface area (Å²) in [5.74, 6) is -1.93.